The lowest BCUT2D eigenvalue weighted by Gasteiger charge is -2.08. The molecule has 2 nitrogen and oxygen atoms in total. The average molecular weight is 350 g/mol. The Hall–Kier alpha value is -0.350. The van der Waals surface area contributed by atoms with Crippen LogP contribution < -0.4 is 0 Å². The molecule has 1 rings (SSSR count). The van der Waals surface area contributed by atoms with Crippen LogP contribution in [-0.4, -0.2) is 12.6 Å². The lowest BCUT2D eigenvalue weighted by molar-refractivity contribution is 0.0487. The molecule has 0 atom stereocenters. The quantitative estimate of drug-likeness (QED) is 0.752. The van der Waals surface area contributed by atoms with Crippen LogP contribution in [0.5, 0.6) is 0 Å². The van der Waals surface area contributed by atoms with E-state index < -0.39 is 0 Å². The second-order valence-corrected chi connectivity index (χ2v) is 5.71. The Kier molecular flexibility index (Phi) is 5.49. The first-order valence-corrected chi connectivity index (χ1v) is 6.71. The van der Waals surface area contributed by atoms with Crippen molar-refractivity contribution in [2.45, 2.75) is 20.3 Å². The topological polar surface area (TPSA) is 26.3 Å². The van der Waals surface area contributed by atoms with Crippen molar-refractivity contribution in [1.29, 1.82) is 0 Å². The summed E-state index contributed by atoms with van der Waals surface area (Å²) in [5.41, 5.74) is 0.562. The number of hydrogen-bond donors (Lipinski definition) is 0. The van der Waals surface area contributed by atoms with E-state index in [2.05, 4.69) is 45.7 Å². The Morgan fingerprint density at radius 1 is 1.38 bits per heavy atom. The Morgan fingerprint density at radius 3 is 2.62 bits per heavy atom. The van der Waals surface area contributed by atoms with Crippen molar-refractivity contribution in [1.82, 2.24) is 0 Å². The molecule has 0 heterocycles. The van der Waals surface area contributed by atoms with E-state index >= 15 is 0 Å². The highest BCUT2D eigenvalue weighted by atomic mass is 79.9. The Bertz CT molecular complexity index is 375. The van der Waals surface area contributed by atoms with Crippen LogP contribution in [0.1, 0.15) is 30.6 Å². The van der Waals surface area contributed by atoms with Crippen LogP contribution in [0.2, 0.25) is 0 Å². The number of esters is 1. The molecule has 0 aliphatic rings. The van der Waals surface area contributed by atoms with E-state index in [9.17, 15) is 4.79 Å². The molecule has 0 N–H and O–H groups in total. The van der Waals surface area contributed by atoms with Gasteiger partial charge in [0.1, 0.15) is 0 Å². The van der Waals surface area contributed by atoms with Gasteiger partial charge in [-0.15, -0.1) is 0 Å². The van der Waals surface area contributed by atoms with E-state index in [4.69, 9.17) is 4.74 Å². The van der Waals surface area contributed by atoms with E-state index in [1.54, 1.807) is 6.07 Å². The fourth-order valence-corrected chi connectivity index (χ4v) is 2.33. The van der Waals surface area contributed by atoms with Gasteiger partial charge in [0.2, 0.25) is 0 Å². The molecule has 4 heteroatoms. The first kappa shape index (κ1) is 13.7. The van der Waals surface area contributed by atoms with Crippen molar-refractivity contribution < 1.29 is 9.53 Å². The average Bonchev–Trinajstić information content (AvgIpc) is 2.16. The Labute approximate surface area is 113 Å². The lowest BCUT2D eigenvalue weighted by atomic mass is 10.1. The molecule has 16 heavy (non-hydrogen) atoms. The van der Waals surface area contributed by atoms with Crippen LogP contribution in [0.15, 0.2) is 27.1 Å². The van der Waals surface area contributed by atoms with E-state index in [1.165, 1.54) is 0 Å². The van der Waals surface area contributed by atoms with Crippen LogP contribution in [0, 0.1) is 5.92 Å². The van der Waals surface area contributed by atoms with Gasteiger partial charge in [0, 0.05) is 8.95 Å². The molecule has 0 fully saturated rings. The zero-order valence-electron chi connectivity index (χ0n) is 9.30. The van der Waals surface area contributed by atoms with E-state index in [0.717, 1.165) is 15.4 Å². The van der Waals surface area contributed by atoms with Crippen LogP contribution >= 0.6 is 31.9 Å². The molecule has 0 unspecified atom stereocenters. The molecule has 0 saturated heterocycles. The summed E-state index contributed by atoms with van der Waals surface area (Å²) in [5.74, 6) is 0.265. The van der Waals surface area contributed by atoms with Gasteiger partial charge in [0.25, 0.3) is 0 Å². The zero-order chi connectivity index (χ0) is 12.1. The fourth-order valence-electron chi connectivity index (χ4n) is 1.12. The first-order valence-electron chi connectivity index (χ1n) is 5.13. The monoisotopic (exact) mass is 348 g/mol. The SMILES string of the molecule is CC(C)CCOC(=O)c1ccc(Br)cc1Br. The van der Waals surface area contributed by atoms with Gasteiger partial charge in [-0.05, 0) is 46.5 Å². The predicted octanol–water partition coefficient (Wildman–Crippen LogP) is 4.41. The summed E-state index contributed by atoms with van der Waals surface area (Å²) < 4.78 is 6.85. The summed E-state index contributed by atoms with van der Waals surface area (Å²) in [6.45, 7) is 4.67. The number of carbonyl (C=O) groups excluding carboxylic acids is 1. The maximum absolute atomic E-state index is 11.7. The molecular weight excluding hydrogens is 336 g/mol. The third-order valence-corrected chi connectivity index (χ3v) is 3.23. The highest BCUT2D eigenvalue weighted by molar-refractivity contribution is 9.11. The molecular formula is C12H14Br2O2. The minimum Gasteiger partial charge on any atom is -0.462 e. The van der Waals surface area contributed by atoms with Crippen molar-refractivity contribution in [2.24, 2.45) is 5.92 Å². The number of rotatable bonds is 4. The molecule has 0 aliphatic heterocycles. The second-order valence-electron chi connectivity index (χ2n) is 3.94. The third kappa shape index (κ3) is 4.26. The van der Waals surface area contributed by atoms with Gasteiger partial charge in [0.05, 0.1) is 12.2 Å². The van der Waals surface area contributed by atoms with E-state index in [-0.39, 0.29) is 5.97 Å². The standard InChI is InChI=1S/C12H14Br2O2/c1-8(2)5-6-16-12(15)10-4-3-9(13)7-11(10)14/h3-4,7-8H,5-6H2,1-2H3. The number of benzene rings is 1. The normalized spacial score (nSPS) is 10.6. The zero-order valence-corrected chi connectivity index (χ0v) is 12.5. The summed E-state index contributed by atoms with van der Waals surface area (Å²) in [4.78, 5) is 11.7. The van der Waals surface area contributed by atoms with Crippen molar-refractivity contribution in [3.05, 3.63) is 32.7 Å². The molecule has 0 aromatic heterocycles. The van der Waals surface area contributed by atoms with Gasteiger partial charge in [0.15, 0.2) is 0 Å². The van der Waals surface area contributed by atoms with Gasteiger partial charge in [-0.25, -0.2) is 4.79 Å². The summed E-state index contributed by atoms with van der Waals surface area (Å²) in [6, 6.07) is 5.40. The second kappa shape index (κ2) is 6.40. The first-order chi connectivity index (χ1) is 7.50. The smallest absolute Gasteiger partial charge is 0.339 e. The number of hydrogen-bond acceptors (Lipinski definition) is 2. The summed E-state index contributed by atoms with van der Waals surface area (Å²) >= 11 is 6.67. The molecule has 1 aromatic rings. The van der Waals surface area contributed by atoms with Crippen LogP contribution in [-0.2, 0) is 4.74 Å². The van der Waals surface area contributed by atoms with Crippen molar-refractivity contribution >= 4 is 37.8 Å². The summed E-state index contributed by atoms with van der Waals surface area (Å²) in [6.07, 6.45) is 0.889. The number of carbonyl (C=O) groups is 1. The molecule has 0 saturated carbocycles. The molecule has 0 bridgehead atoms. The minimum absolute atomic E-state index is 0.278. The molecule has 0 radical (unpaired) electrons. The predicted molar refractivity (Wildman–Crippen MR) is 71.6 cm³/mol. The lowest BCUT2D eigenvalue weighted by Crippen LogP contribution is -2.08. The number of halogens is 2. The third-order valence-electron chi connectivity index (χ3n) is 2.08. The summed E-state index contributed by atoms with van der Waals surface area (Å²) in [5, 5.41) is 0. The van der Waals surface area contributed by atoms with Gasteiger partial charge in [-0.2, -0.15) is 0 Å². The minimum atomic E-state index is -0.278. The van der Waals surface area contributed by atoms with Crippen LogP contribution in [0.4, 0.5) is 0 Å². The molecule has 0 spiro atoms. The maximum atomic E-state index is 11.7. The van der Waals surface area contributed by atoms with Crippen molar-refractivity contribution in [3.8, 4) is 0 Å². The van der Waals surface area contributed by atoms with Crippen LogP contribution in [0.25, 0.3) is 0 Å². The molecule has 0 amide bonds. The fraction of sp³-hybridized carbons (Fsp3) is 0.417. The van der Waals surface area contributed by atoms with Gasteiger partial charge in [-0.3, -0.25) is 0 Å². The highest BCUT2D eigenvalue weighted by Gasteiger charge is 2.11. The van der Waals surface area contributed by atoms with Crippen molar-refractivity contribution in [2.75, 3.05) is 6.61 Å². The van der Waals surface area contributed by atoms with E-state index in [0.29, 0.717) is 18.1 Å². The molecule has 0 aliphatic carbocycles. The van der Waals surface area contributed by atoms with E-state index in [1.807, 2.05) is 12.1 Å². The van der Waals surface area contributed by atoms with Gasteiger partial charge >= 0.3 is 5.97 Å². The highest BCUT2D eigenvalue weighted by Crippen LogP contribution is 2.22. The Balaban J connectivity index is 2.59. The molecule has 88 valence electrons. The van der Waals surface area contributed by atoms with Gasteiger partial charge in [-0.1, -0.05) is 29.8 Å². The Morgan fingerprint density at radius 2 is 2.06 bits per heavy atom. The number of ether oxygens (including phenoxy) is 1. The maximum Gasteiger partial charge on any atom is 0.339 e. The summed E-state index contributed by atoms with van der Waals surface area (Å²) in [7, 11) is 0. The van der Waals surface area contributed by atoms with Gasteiger partial charge < -0.3 is 4.74 Å². The largest absolute Gasteiger partial charge is 0.462 e. The van der Waals surface area contributed by atoms with Crippen molar-refractivity contribution in [3.63, 3.8) is 0 Å². The van der Waals surface area contributed by atoms with Crippen LogP contribution in [0.3, 0.4) is 0 Å². The molecule has 1 aromatic carbocycles.